The number of halogens is 1. The molecule has 1 heterocycles. The molecule has 3 aromatic carbocycles. The van der Waals surface area contributed by atoms with Crippen molar-refractivity contribution in [2.45, 2.75) is 6.61 Å². The number of thiocarbonyl (C=S) groups is 1. The van der Waals surface area contributed by atoms with Crippen LogP contribution in [0.3, 0.4) is 0 Å². The van der Waals surface area contributed by atoms with E-state index in [0.717, 1.165) is 4.90 Å². The third-order valence-corrected chi connectivity index (χ3v) is 5.58. The maximum Gasteiger partial charge on any atom is 0.335 e. The summed E-state index contributed by atoms with van der Waals surface area (Å²) < 4.78 is 25.0. The Balaban J connectivity index is 1.61. The van der Waals surface area contributed by atoms with E-state index >= 15 is 0 Å². The van der Waals surface area contributed by atoms with Crippen molar-refractivity contribution in [3.63, 3.8) is 0 Å². The molecule has 0 aromatic heterocycles. The zero-order valence-electron chi connectivity index (χ0n) is 18.9. The second-order valence-electron chi connectivity index (χ2n) is 7.60. The van der Waals surface area contributed by atoms with Gasteiger partial charge in [0.1, 0.15) is 18.0 Å². The molecule has 36 heavy (non-hydrogen) atoms. The number of nitrogens with zero attached hydrogens (tertiary/aromatic N) is 1. The van der Waals surface area contributed by atoms with Crippen LogP contribution in [-0.4, -0.2) is 35.1 Å². The fourth-order valence-electron chi connectivity index (χ4n) is 3.50. The van der Waals surface area contributed by atoms with Crippen LogP contribution in [0.1, 0.15) is 21.5 Å². The number of amides is 2. The highest BCUT2D eigenvalue weighted by Gasteiger charge is 2.34. The van der Waals surface area contributed by atoms with Gasteiger partial charge < -0.3 is 14.6 Å². The van der Waals surface area contributed by atoms with Crippen molar-refractivity contribution in [1.29, 1.82) is 0 Å². The second-order valence-corrected chi connectivity index (χ2v) is 7.99. The monoisotopic (exact) mass is 506 g/mol. The molecule has 0 atom stereocenters. The lowest BCUT2D eigenvalue weighted by Gasteiger charge is -2.29. The number of methoxy groups -OCH3 is 1. The van der Waals surface area contributed by atoms with E-state index in [9.17, 15) is 23.9 Å². The molecule has 2 amide bonds. The molecule has 0 saturated carbocycles. The molecule has 0 unspecified atom stereocenters. The average Bonchev–Trinajstić information content (AvgIpc) is 2.86. The van der Waals surface area contributed by atoms with Gasteiger partial charge in [0.15, 0.2) is 16.6 Å². The highest BCUT2D eigenvalue weighted by atomic mass is 32.1. The summed E-state index contributed by atoms with van der Waals surface area (Å²) in [6, 6.07) is 16.6. The number of anilines is 1. The predicted molar refractivity (Wildman–Crippen MR) is 133 cm³/mol. The first-order valence-electron chi connectivity index (χ1n) is 10.6. The maximum absolute atomic E-state index is 13.9. The summed E-state index contributed by atoms with van der Waals surface area (Å²) in [5.74, 6) is -2.33. The fraction of sp³-hybridized carbons (Fsp3) is 0.0769. The van der Waals surface area contributed by atoms with E-state index in [1.807, 2.05) is 0 Å². The van der Waals surface area contributed by atoms with Crippen LogP contribution in [0.4, 0.5) is 10.1 Å². The first-order valence-corrected chi connectivity index (χ1v) is 11.0. The van der Waals surface area contributed by atoms with Gasteiger partial charge in [0.25, 0.3) is 11.8 Å². The number of nitrogens with one attached hydrogen (secondary N) is 1. The lowest BCUT2D eigenvalue weighted by atomic mass is 10.1. The highest BCUT2D eigenvalue weighted by Crippen LogP contribution is 2.31. The SMILES string of the molecule is COc1cc(C=C2C(=O)NC(=S)N(c3cccc(C(=O)O)c3)C2=O)ccc1OCc1ccccc1F. The molecular formula is C26H19FN2O6S. The zero-order chi connectivity index (χ0) is 25.8. The molecule has 4 rings (SSSR count). The van der Waals surface area contributed by atoms with Crippen LogP contribution in [0, 0.1) is 5.82 Å². The van der Waals surface area contributed by atoms with Crippen molar-refractivity contribution < 1.29 is 33.4 Å². The lowest BCUT2D eigenvalue weighted by Crippen LogP contribution is -2.54. The van der Waals surface area contributed by atoms with Gasteiger partial charge in [-0.2, -0.15) is 0 Å². The van der Waals surface area contributed by atoms with Crippen LogP contribution in [0.2, 0.25) is 0 Å². The first-order chi connectivity index (χ1) is 17.3. The van der Waals surface area contributed by atoms with Crippen LogP contribution < -0.4 is 19.7 Å². The minimum atomic E-state index is -1.17. The van der Waals surface area contributed by atoms with Gasteiger partial charge in [-0.25, -0.2) is 9.18 Å². The van der Waals surface area contributed by atoms with Crippen molar-refractivity contribution in [1.82, 2.24) is 5.32 Å². The Morgan fingerprint density at radius 1 is 1.08 bits per heavy atom. The van der Waals surface area contributed by atoms with Gasteiger partial charge in [-0.15, -0.1) is 0 Å². The maximum atomic E-state index is 13.9. The summed E-state index contributed by atoms with van der Waals surface area (Å²) >= 11 is 5.16. The van der Waals surface area contributed by atoms with E-state index < -0.39 is 23.6 Å². The summed E-state index contributed by atoms with van der Waals surface area (Å²) in [5.41, 5.74) is 0.770. The highest BCUT2D eigenvalue weighted by molar-refractivity contribution is 7.80. The molecule has 1 aliphatic rings. The molecule has 1 aliphatic heterocycles. The van der Waals surface area contributed by atoms with Gasteiger partial charge in [0.2, 0.25) is 0 Å². The van der Waals surface area contributed by atoms with Gasteiger partial charge in [-0.3, -0.25) is 19.8 Å². The smallest absolute Gasteiger partial charge is 0.335 e. The number of benzene rings is 3. The summed E-state index contributed by atoms with van der Waals surface area (Å²) in [7, 11) is 1.43. The van der Waals surface area contributed by atoms with E-state index in [-0.39, 0.29) is 28.5 Å². The number of hydrogen-bond acceptors (Lipinski definition) is 6. The van der Waals surface area contributed by atoms with Crippen molar-refractivity contribution in [2.75, 3.05) is 12.0 Å². The summed E-state index contributed by atoms with van der Waals surface area (Å²) in [4.78, 5) is 38.2. The van der Waals surface area contributed by atoms with E-state index in [1.165, 1.54) is 43.5 Å². The number of rotatable bonds is 7. The molecule has 10 heteroatoms. The minimum Gasteiger partial charge on any atom is -0.493 e. The Kier molecular flexibility index (Phi) is 7.07. The number of carboxylic acid groups (broad SMARTS) is 1. The van der Waals surface area contributed by atoms with Crippen molar-refractivity contribution >= 4 is 46.9 Å². The number of carbonyl (C=O) groups excluding carboxylic acids is 2. The van der Waals surface area contributed by atoms with Gasteiger partial charge in [-0.1, -0.05) is 30.3 Å². The zero-order valence-corrected chi connectivity index (χ0v) is 19.7. The molecule has 3 aromatic rings. The van der Waals surface area contributed by atoms with Crippen LogP contribution in [0.25, 0.3) is 6.08 Å². The van der Waals surface area contributed by atoms with E-state index in [1.54, 1.807) is 36.4 Å². The number of aromatic carboxylic acids is 1. The number of ether oxygens (including phenoxy) is 2. The molecule has 1 saturated heterocycles. The molecule has 2 N–H and O–H groups in total. The van der Waals surface area contributed by atoms with E-state index in [2.05, 4.69) is 5.32 Å². The largest absolute Gasteiger partial charge is 0.493 e. The Morgan fingerprint density at radius 3 is 2.58 bits per heavy atom. The molecule has 8 nitrogen and oxygen atoms in total. The van der Waals surface area contributed by atoms with E-state index in [4.69, 9.17) is 21.7 Å². The molecule has 0 aliphatic carbocycles. The summed E-state index contributed by atoms with van der Waals surface area (Å²) in [6.07, 6.45) is 1.36. The number of hydrogen-bond donors (Lipinski definition) is 2. The third kappa shape index (κ3) is 5.08. The Labute approximate surface area is 210 Å². The van der Waals surface area contributed by atoms with Gasteiger partial charge in [0.05, 0.1) is 18.4 Å². The summed E-state index contributed by atoms with van der Waals surface area (Å²) in [5, 5.41) is 11.5. The molecule has 0 radical (unpaired) electrons. The molecular weight excluding hydrogens is 487 g/mol. The normalized spacial score (nSPS) is 14.6. The van der Waals surface area contributed by atoms with Crippen molar-refractivity contribution in [3.05, 3.63) is 94.8 Å². The average molecular weight is 507 g/mol. The number of carboxylic acids is 1. The molecule has 0 bridgehead atoms. The summed E-state index contributed by atoms with van der Waals surface area (Å²) in [6.45, 7) is -0.0217. The Bertz CT molecular complexity index is 1420. The standard InChI is InChI=1S/C26H19FN2O6S/c1-34-22-12-15(9-10-21(22)35-14-17-5-2-3-8-20(17)27)11-19-23(30)28-26(36)29(24(19)31)18-7-4-6-16(13-18)25(32)33/h2-13H,14H2,1H3,(H,32,33)(H,28,30,36). The van der Waals surface area contributed by atoms with Gasteiger partial charge in [-0.05, 0) is 60.3 Å². The van der Waals surface area contributed by atoms with Gasteiger partial charge in [0, 0.05) is 5.56 Å². The fourth-order valence-corrected chi connectivity index (χ4v) is 3.78. The van der Waals surface area contributed by atoms with Crippen molar-refractivity contribution in [2.24, 2.45) is 0 Å². The second kappa shape index (κ2) is 10.4. The van der Waals surface area contributed by atoms with Gasteiger partial charge >= 0.3 is 5.97 Å². The van der Waals surface area contributed by atoms with Crippen LogP contribution >= 0.6 is 12.2 Å². The van der Waals surface area contributed by atoms with Crippen LogP contribution in [0.15, 0.2) is 72.3 Å². The predicted octanol–water partition coefficient (Wildman–Crippen LogP) is 3.94. The first kappa shape index (κ1) is 24.6. The topological polar surface area (TPSA) is 105 Å². The Hall–Kier alpha value is -4.57. The van der Waals surface area contributed by atoms with Crippen LogP contribution in [0.5, 0.6) is 11.5 Å². The molecule has 182 valence electrons. The lowest BCUT2D eigenvalue weighted by molar-refractivity contribution is -0.122. The van der Waals surface area contributed by atoms with Crippen molar-refractivity contribution in [3.8, 4) is 11.5 Å². The minimum absolute atomic E-state index is 0.0217. The van der Waals surface area contributed by atoms with Crippen LogP contribution in [-0.2, 0) is 16.2 Å². The molecule has 0 spiro atoms. The third-order valence-electron chi connectivity index (χ3n) is 5.29. The Morgan fingerprint density at radius 2 is 1.86 bits per heavy atom. The quantitative estimate of drug-likeness (QED) is 0.284. The van der Waals surface area contributed by atoms with E-state index in [0.29, 0.717) is 22.6 Å². The number of carbonyl (C=O) groups is 3. The molecule has 1 fully saturated rings.